The molecule has 1 atom stereocenters. The molecule has 1 amide bonds. The predicted octanol–water partition coefficient (Wildman–Crippen LogP) is 1.89. The molecule has 0 aliphatic carbocycles. The number of benzene rings is 1. The fraction of sp³-hybridized carbons (Fsp3) is 0.467. The molecule has 5 heteroatoms. The number of hydrogen-bond donors (Lipinski definition) is 2. The molecular formula is C15H21NO4. The zero-order chi connectivity index (χ0) is 15.0. The van der Waals surface area contributed by atoms with Crippen molar-refractivity contribution in [3.05, 3.63) is 29.8 Å². The van der Waals surface area contributed by atoms with Crippen molar-refractivity contribution >= 4 is 17.9 Å². The van der Waals surface area contributed by atoms with Crippen molar-refractivity contribution in [2.75, 3.05) is 11.9 Å². The Morgan fingerprint density at radius 1 is 1.40 bits per heavy atom. The Balaban J connectivity index is 2.32. The zero-order valence-corrected chi connectivity index (χ0v) is 11.9. The highest BCUT2D eigenvalue weighted by molar-refractivity contribution is 5.88. The third-order valence-corrected chi connectivity index (χ3v) is 2.85. The Labute approximate surface area is 118 Å². The van der Waals surface area contributed by atoms with Gasteiger partial charge >= 0.3 is 0 Å². The SMILES string of the molecule is CC(=O)Nc1ccc(COCCC(C)(O)CC=O)cc1. The molecule has 0 aliphatic rings. The summed E-state index contributed by atoms with van der Waals surface area (Å²) in [5.41, 5.74) is 0.723. The van der Waals surface area contributed by atoms with Crippen LogP contribution in [0.25, 0.3) is 0 Å². The van der Waals surface area contributed by atoms with Gasteiger partial charge in [0.25, 0.3) is 0 Å². The fourth-order valence-corrected chi connectivity index (χ4v) is 1.65. The van der Waals surface area contributed by atoms with E-state index in [9.17, 15) is 14.7 Å². The van der Waals surface area contributed by atoms with Crippen molar-refractivity contribution in [1.29, 1.82) is 0 Å². The molecular weight excluding hydrogens is 258 g/mol. The van der Waals surface area contributed by atoms with Gasteiger partial charge in [0, 0.05) is 25.6 Å². The number of hydrogen-bond acceptors (Lipinski definition) is 4. The molecule has 110 valence electrons. The molecule has 0 fully saturated rings. The summed E-state index contributed by atoms with van der Waals surface area (Å²) >= 11 is 0. The Hall–Kier alpha value is -1.72. The molecule has 1 aromatic rings. The fourth-order valence-electron chi connectivity index (χ4n) is 1.65. The summed E-state index contributed by atoms with van der Waals surface area (Å²) in [4.78, 5) is 21.2. The molecule has 5 nitrogen and oxygen atoms in total. The van der Waals surface area contributed by atoms with Gasteiger partial charge in [0.15, 0.2) is 0 Å². The van der Waals surface area contributed by atoms with E-state index >= 15 is 0 Å². The van der Waals surface area contributed by atoms with Gasteiger partial charge < -0.3 is 20.0 Å². The summed E-state index contributed by atoms with van der Waals surface area (Å²) in [7, 11) is 0. The van der Waals surface area contributed by atoms with Gasteiger partial charge in [0.05, 0.1) is 12.2 Å². The molecule has 1 aromatic carbocycles. The largest absolute Gasteiger partial charge is 0.390 e. The number of nitrogens with one attached hydrogen (secondary N) is 1. The lowest BCUT2D eigenvalue weighted by Crippen LogP contribution is -2.26. The molecule has 0 saturated heterocycles. The lowest BCUT2D eigenvalue weighted by Gasteiger charge is -2.20. The number of anilines is 1. The zero-order valence-electron chi connectivity index (χ0n) is 11.9. The number of ether oxygens (including phenoxy) is 1. The molecule has 0 aromatic heterocycles. The number of carbonyl (C=O) groups is 2. The van der Waals surface area contributed by atoms with Crippen LogP contribution in [0, 0.1) is 0 Å². The van der Waals surface area contributed by atoms with E-state index in [1.54, 1.807) is 6.92 Å². The van der Waals surface area contributed by atoms with Crippen LogP contribution in [0.1, 0.15) is 32.3 Å². The van der Waals surface area contributed by atoms with Gasteiger partial charge in [-0.25, -0.2) is 0 Å². The van der Waals surface area contributed by atoms with Crippen LogP contribution in [0.3, 0.4) is 0 Å². The topological polar surface area (TPSA) is 75.6 Å². The van der Waals surface area contributed by atoms with Gasteiger partial charge in [0.2, 0.25) is 5.91 Å². The molecule has 1 rings (SSSR count). The van der Waals surface area contributed by atoms with Crippen LogP contribution in [0.15, 0.2) is 24.3 Å². The normalized spacial score (nSPS) is 13.6. The summed E-state index contributed by atoms with van der Waals surface area (Å²) in [5, 5.41) is 12.5. The van der Waals surface area contributed by atoms with Gasteiger partial charge in [0.1, 0.15) is 6.29 Å². The first-order chi connectivity index (χ1) is 9.43. The second-order valence-corrected chi connectivity index (χ2v) is 5.05. The molecule has 0 radical (unpaired) electrons. The van der Waals surface area contributed by atoms with E-state index in [1.807, 2.05) is 24.3 Å². The summed E-state index contributed by atoms with van der Waals surface area (Å²) in [6, 6.07) is 7.36. The molecule has 20 heavy (non-hydrogen) atoms. The van der Waals surface area contributed by atoms with Crippen LogP contribution in [-0.4, -0.2) is 29.5 Å². The maximum atomic E-state index is 10.9. The minimum Gasteiger partial charge on any atom is -0.390 e. The Morgan fingerprint density at radius 3 is 2.60 bits per heavy atom. The van der Waals surface area contributed by atoms with Gasteiger partial charge in [-0.1, -0.05) is 12.1 Å². The number of aliphatic hydroxyl groups is 1. The first kappa shape index (κ1) is 16.3. The molecule has 2 N–H and O–H groups in total. The van der Waals surface area contributed by atoms with E-state index in [2.05, 4.69) is 5.32 Å². The van der Waals surface area contributed by atoms with Crippen LogP contribution in [0.5, 0.6) is 0 Å². The summed E-state index contributed by atoms with van der Waals surface area (Å²) in [6.07, 6.45) is 1.23. The van der Waals surface area contributed by atoms with E-state index < -0.39 is 5.60 Å². The van der Waals surface area contributed by atoms with E-state index in [0.717, 1.165) is 11.3 Å². The van der Waals surface area contributed by atoms with Crippen LogP contribution in [0.2, 0.25) is 0 Å². The lowest BCUT2D eigenvalue weighted by molar-refractivity contribution is -0.114. The molecule has 0 heterocycles. The van der Waals surface area contributed by atoms with E-state index in [4.69, 9.17) is 4.74 Å². The second-order valence-electron chi connectivity index (χ2n) is 5.05. The first-order valence-corrected chi connectivity index (χ1v) is 6.53. The monoisotopic (exact) mass is 279 g/mol. The van der Waals surface area contributed by atoms with Crippen molar-refractivity contribution in [3.63, 3.8) is 0 Å². The number of aldehydes is 1. The van der Waals surface area contributed by atoms with Crippen LogP contribution >= 0.6 is 0 Å². The number of amides is 1. The average Bonchev–Trinajstić information content (AvgIpc) is 2.36. The average molecular weight is 279 g/mol. The van der Waals surface area contributed by atoms with E-state index in [1.165, 1.54) is 6.92 Å². The van der Waals surface area contributed by atoms with Crippen molar-refractivity contribution in [3.8, 4) is 0 Å². The summed E-state index contributed by atoms with van der Waals surface area (Å²) in [5.74, 6) is -0.105. The number of rotatable bonds is 8. The van der Waals surface area contributed by atoms with Gasteiger partial charge in [-0.2, -0.15) is 0 Å². The van der Waals surface area contributed by atoms with Crippen molar-refractivity contribution in [2.45, 2.75) is 38.9 Å². The lowest BCUT2D eigenvalue weighted by atomic mass is 10.00. The maximum absolute atomic E-state index is 10.9. The molecule has 0 bridgehead atoms. The van der Waals surface area contributed by atoms with Gasteiger partial charge in [-0.3, -0.25) is 4.79 Å². The molecule has 0 spiro atoms. The minimum absolute atomic E-state index is 0.105. The maximum Gasteiger partial charge on any atom is 0.221 e. The Kier molecular flexibility index (Phi) is 6.35. The van der Waals surface area contributed by atoms with Crippen molar-refractivity contribution in [2.24, 2.45) is 0 Å². The summed E-state index contributed by atoms with van der Waals surface area (Å²) in [6.45, 7) is 3.89. The van der Waals surface area contributed by atoms with Crippen LogP contribution < -0.4 is 5.32 Å². The van der Waals surface area contributed by atoms with E-state index in [-0.39, 0.29) is 12.3 Å². The first-order valence-electron chi connectivity index (χ1n) is 6.53. The quantitative estimate of drug-likeness (QED) is 0.563. The van der Waals surface area contributed by atoms with Crippen molar-refractivity contribution in [1.82, 2.24) is 0 Å². The Bertz CT molecular complexity index is 440. The van der Waals surface area contributed by atoms with Gasteiger partial charge in [-0.05, 0) is 31.0 Å². The van der Waals surface area contributed by atoms with Crippen LogP contribution in [-0.2, 0) is 20.9 Å². The second kappa shape index (κ2) is 7.77. The van der Waals surface area contributed by atoms with E-state index in [0.29, 0.717) is 25.9 Å². The number of carbonyl (C=O) groups excluding carboxylic acids is 2. The van der Waals surface area contributed by atoms with Crippen LogP contribution in [0.4, 0.5) is 5.69 Å². The molecule has 0 saturated carbocycles. The highest BCUT2D eigenvalue weighted by Crippen LogP contribution is 2.14. The van der Waals surface area contributed by atoms with Gasteiger partial charge in [-0.15, -0.1) is 0 Å². The summed E-state index contributed by atoms with van der Waals surface area (Å²) < 4.78 is 5.46. The smallest absolute Gasteiger partial charge is 0.221 e. The van der Waals surface area contributed by atoms with Crippen molar-refractivity contribution < 1.29 is 19.4 Å². The molecule has 0 aliphatic heterocycles. The highest BCUT2D eigenvalue weighted by atomic mass is 16.5. The molecule has 1 unspecified atom stereocenters. The highest BCUT2D eigenvalue weighted by Gasteiger charge is 2.18. The third kappa shape index (κ3) is 6.45. The standard InChI is InChI=1S/C15H21NO4/c1-12(18)16-14-5-3-13(4-6-14)11-20-10-8-15(2,19)7-9-17/h3-6,9,19H,7-8,10-11H2,1-2H3,(H,16,18). The predicted molar refractivity (Wildman–Crippen MR) is 76.3 cm³/mol. The Morgan fingerprint density at radius 2 is 2.05 bits per heavy atom. The third-order valence-electron chi connectivity index (χ3n) is 2.85. The minimum atomic E-state index is -1.00.